The average Bonchev–Trinajstić information content (AvgIpc) is 2.59. The molecule has 0 aliphatic carbocycles. The molecule has 0 atom stereocenters. The van der Waals surface area contributed by atoms with Gasteiger partial charge in [0.1, 0.15) is 0 Å². The fourth-order valence-corrected chi connectivity index (χ4v) is 2.42. The molecule has 0 bridgehead atoms. The summed E-state index contributed by atoms with van der Waals surface area (Å²) in [4.78, 5) is 2.61. The molecule has 0 aliphatic rings. The van der Waals surface area contributed by atoms with E-state index in [1.54, 1.807) is 0 Å². The predicted molar refractivity (Wildman–Crippen MR) is 63.3 cm³/mol. The Labute approximate surface area is 92.2 Å². The molecule has 0 unspecified atom stereocenters. The van der Waals surface area contributed by atoms with Crippen molar-refractivity contribution in [1.29, 1.82) is 0 Å². The van der Waals surface area contributed by atoms with Gasteiger partial charge >= 0.3 is 0 Å². The van der Waals surface area contributed by atoms with Gasteiger partial charge in [0.15, 0.2) is 6.29 Å². The first-order valence-corrected chi connectivity index (χ1v) is 5.46. The maximum atomic E-state index is 9.06. The molecule has 1 aromatic carbocycles. The lowest BCUT2D eigenvalue weighted by Gasteiger charge is -2.11. The highest BCUT2D eigenvalue weighted by Crippen LogP contribution is 2.31. The van der Waals surface area contributed by atoms with Gasteiger partial charge in [0.2, 0.25) is 0 Å². The third-order valence-corrected chi connectivity index (χ3v) is 3.43. The molecular weight excluding hydrogens is 210 g/mol. The van der Waals surface area contributed by atoms with Crippen LogP contribution in [-0.4, -0.2) is 24.3 Å². The smallest absolute Gasteiger partial charge is 0.188 e. The van der Waals surface area contributed by atoms with Crippen LogP contribution in [0, 0.1) is 0 Å². The second-order valence-electron chi connectivity index (χ2n) is 3.64. The van der Waals surface area contributed by atoms with Crippen LogP contribution in [0.3, 0.4) is 0 Å². The Hall–Kier alpha value is -1.10. The number of aliphatic hydroxyl groups is 2. The summed E-state index contributed by atoms with van der Waals surface area (Å²) in [5.41, 5.74) is 1.11. The van der Waals surface area contributed by atoms with Gasteiger partial charge in [-0.1, -0.05) is 6.07 Å². The molecule has 0 saturated carbocycles. The van der Waals surface area contributed by atoms with Crippen LogP contribution in [0.1, 0.15) is 11.2 Å². The maximum Gasteiger partial charge on any atom is 0.188 e. The Kier molecular flexibility index (Phi) is 2.65. The molecule has 80 valence electrons. The number of rotatable bonds is 2. The zero-order valence-electron chi connectivity index (χ0n) is 8.64. The minimum absolute atomic E-state index is 0.584. The second-order valence-corrected chi connectivity index (χ2v) is 4.75. The Morgan fingerprint density at radius 2 is 1.93 bits per heavy atom. The van der Waals surface area contributed by atoms with E-state index in [-0.39, 0.29) is 0 Å². The van der Waals surface area contributed by atoms with Crippen LogP contribution in [0.5, 0.6) is 0 Å². The number of hydrogen-bond acceptors (Lipinski definition) is 4. The summed E-state index contributed by atoms with van der Waals surface area (Å²) < 4.78 is 1.07. The fourth-order valence-electron chi connectivity index (χ4n) is 1.45. The lowest BCUT2D eigenvalue weighted by molar-refractivity contribution is -0.0394. The van der Waals surface area contributed by atoms with Crippen LogP contribution in [-0.2, 0) is 0 Å². The molecule has 15 heavy (non-hydrogen) atoms. The standard InChI is InChI=1S/C11H13NO2S/c1-12(2)8-4-3-7-5-10(11(13)14)15-9(7)6-8/h3-6,11,13-14H,1-2H3. The minimum Gasteiger partial charge on any atom is -0.378 e. The van der Waals surface area contributed by atoms with E-state index in [1.165, 1.54) is 11.3 Å². The molecule has 2 aromatic rings. The van der Waals surface area contributed by atoms with Crippen molar-refractivity contribution < 1.29 is 10.2 Å². The molecule has 0 aliphatic heterocycles. The molecule has 2 rings (SSSR count). The molecule has 2 N–H and O–H groups in total. The normalized spacial score (nSPS) is 11.3. The Balaban J connectivity index is 2.52. The van der Waals surface area contributed by atoms with Crippen molar-refractivity contribution in [2.75, 3.05) is 19.0 Å². The lowest BCUT2D eigenvalue weighted by Crippen LogP contribution is -2.07. The van der Waals surface area contributed by atoms with Crippen molar-refractivity contribution in [3.8, 4) is 0 Å². The summed E-state index contributed by atoms with van der Waals surface area (Å²) in [5.74, 6) is 0. The number of fused-ring (bicyclic) bond motifs is 1. The molecular formula is C11H13NO2S. The van der Waals surface area contributed by atoms with Gasteiger partial charge in [-0.2, -0.15) is 0 Å². The number of hydrogen-bond donors (Lipinski definition) is 2. The number of thiophene rings is 1. The van der Waals surface area contributed by atoms with Crippen LogP contribution < -0.4 is 4.90 Å². The third kappa shape index (κ3) is 1.97. The van der Waals surface area contributed by atoms with Crippen LogP contribution in [0.2, 0.25) is 0 Å². The number of anilines is 1. The monoisotopic (exact) mass is 223 g/mol. The molecule has 4 heteroatoms. The summed E-state index contributed by atoms with van der Waals surface area (Å²) in [6.07, 6.45) is -1.37. The predicted octanol–water partition coefficient (Wildman–Crippen LogP) is 1.95. The van der Waals surface area contributed by atoms with E-state index in [2.05, 4.69) is 0 Å². The van der Waals surface area contributed by atoms with Gasteiger partial charge in [-0.05, 0) is 23.6 Å². The molecule has 0 radical (unpaired) electrons. The minimum atomic E-state index is -1.37. The summed E-state index contributed by atoms with van der Waals surface area (Å²) in [6, 6.07) is 7.87. The number of aliphatic hydroxyl groups excluding tert-OH is 1. The van der Waals surface area contributed by atoms with Gasteiger partial charge in [-0.3, -0.25) is 0 Å². The Bertz CT molecular complexity index is 470. The van der Waals surface area contributed by atoms with Crippen molar-refractivity contribution in [1.82, 2.24) is 0 Å². The van der Waals surface area contributed by atoms with E-state index in [9.17, 15) is 0 Å². The molecule has 0 amide bonds. The van der Waals surface area contributed by atoms with Gasteiger partial charge in [0.05, 0.1) is 4.88 Å². The Morgan fingerprint density at radius 3 is 2.53 bits per heavy atom. The fraction of sp³-hybridized carbons (Fsp3) is 0.273. The Morgan fingerprint density at radius 1 is 1.20 bits per heavy atom. The molecule has 0 spiro atoms. The highest BCUT2D eigenvalue weighted by molar-refractivity contribution is 7.19. The van der Waals surface area contributed by atoms with Crippen LogP contribution in [0.15, 0.2) is 24.3 Å². The second kappa shape index (κ2) is 3.81. The first kappa shape index (κ1) is 10.4. The summed E-state index contributed by atoms with van der Waals surface area (Å²) in [5, 5.41) is 19.2. The van der Waals surface area contributed by atoms with Gasteiger partial charge in [0.25, 0.3) is 0 Å². The van der Waals surface area contributed by atoms with E-state index < -0.39 is 6.29 Å². The van der Waals surface area contributed by atoms with Crippen LogP contribution in [0.4, 0.5) is 5.69 Å². The van der Waals surface area contributed by atoms with Crippen molar-refractivity contribution in [2.45, 2.75) is 6.29 Å². The van der Waals surface area contributed by atoms with Crippen molar-refractivity contribution >= 4 is 27.1 Å². The van der Waals surface area contributed by atoms with Crippen molar-refractivity contribution in [2.24, 2.45) is 0 Å². The van der Waals surface area contributed by atoms with Crippen LogP contribution >= 0.6 is 11.3 Å². The van der Waals surface area contributed by atoms with Gasteiger partial charge in [-0.15, -0.1) is 11.3 Å². The zero-order chi connectivity index (χ0) is 11.0. The van der Waals surface area contributed by atoms with Gasteiger partial charge < -0.3 is 15.1 Å². The quantitative estimate of drug-likeness (QED) is 0.765. The molecule has 0 fully saturated rings. The molecule has 0 saturated heterocycles. The molecule has 3 nitrogen and oxygen atoms in total. The lowest BCUT2D eigenvalue weighted by atomic mass is 10.2. The van der Waals surface area contributed by atoms with Gasteiger partial charge in [0, 0.05) is 24.5 Å². The highest BCUT2D eigenvalue weighted by Gasteiger charge is 2.08. The van der Waals surface area contributed by atoms with Crippen molar-refractivity contribution in [3.63, 3.8) is 0 Å². The van der Waals surface area contributed by atoms with E-state index in [0.717, 1.165) is 15.8 Å². The third-order valence-electron chi connectivity index (χ3n) is 2.29. The van der Waals surface area contributed by atoms with E-state index in [1.807, 2.05) is 43.3 Å². The number of nitrogens with zero attached hydrogens (tertiary/aromatic N) is 1. The van der Waals surface area contributed by atoms with E-state index in [0.29, 0.717) is 4.88 Å². The first-order valence-electron chi connectivity index (χ1n) is 4.65. The van der Waals surface area contributed by atoms with Crippen LogP contribution in [0.25, 0.3) is 10.1 Å². The maximum absolute atomic E-state index is 9.06. The summed E-state index contributed by atoms with van der Waals surface area (Å²) >= 11 is 1.41. The summed E-state index contributed by atoms with van der Waals surface area (Å²) in [7, 11) is 3.97. The topological polar surface area (TPSA) is 43.7 Å². The zero-order valence-corrected chi connectivity index (χ0v) is 9.45. The number of benzene rings is 1. The van der Waals surface area contributed by atoms with Gasteiger partial charge in [-0.25, -0.2) is 0 Å². The molecule has 1 aromatic heterocycles. The van der Waals surface area contributed by atoms with E-state index >= 15 is 0 Å². The highest BCUT2D eigenvalue weighted by atomic mass is 32.1. The van der Waals surface area contributed by atoms with Crippen molar-refractivity contribution in [3.05, 3.63) is 29.1 Å². The SMILES string of the molecule is CN(C)c1ccc2cc(C(O)O)sc2c1. The largest absolute Gasteiger partial charge is 0.378 e. The average molecular weight is 223 g/mol. The molecule has 1 heterocycles. The summed E-state index contributed by atoms with van der Waals surface area (Å²) in [6.45, 7) is 0. The first-order chi connectivity index (χ1) is 7.08. The van der Waals surface area contributed by atoms with E-state index in [4.69, 9.17) is 10.2 Å².